The first-order valence-electron chi connectivity index (χ1n) is 12.4. The van der Waals surface area contributed by atoms with Gasteiger partial charge in [-0.25, -0.2) is 4.39 Å². The molecule has 0 saturated carbocycles. The summed E-state index contributed by atoms with van der Waals surface area (Å²) in [7, 11) is 0. The van der Waals surface area contributed by atoms with Crippen LogP contribution >= 0.6 is 11.6 Å². The number of rotatable bonds is 7. The maximum absolute atomic E-state index is 13.3. The van der Waals surface area contributed by atoms with Gasteiger partial charge in [-0.15, -0.1) is 0 Å². The molecule has 0 bridgehead atoms. The van der Waals surface area contributed by atoms with Crippen LogP contribution < -0.4 is 11.1 Å². The van der Waals surface area contributed by atoms with Crippen molar-refractivity contribution in [3.63, 3.8) is 0 Å². The predicted octanol–water partition coefficient (Wildman–Crippen LogP) is 7.25. The number of nitrogens with two attached hydrogens (primary N) is 1. The van der Waals surface area contributed by atoms with E-state index in [1.54, 1.807) is 42.5 Å². The van der Waals surface area contributed by atoms with Crippen LogP contribution in [0.1, 0.15) is 51.5 Å². The molecule has 3 N–H and O–H groups in total. The molecule has 5 aromatic rings. The lowest BCUT2D eigenvalue weighted by Gasteiger charge is -2.27. The average Bonchev–Trinajstić information content (AvgIpc) is 3.27. The predicted molar refractivity (Wildman–Crippen MR) is 151 cm³/mol. The summed E-state index contributed by atoms with van der Waals surface area (Å²) in [5.74, 6) is -0.757. The third kappa shape index (κ3) is 5.56. The zero-order valence-electron chi connectivity index (χ0n) is 21.4. The van der Waals surface area contributed by atoms with E-state index >= 15 is 0 Å². The number of amides is 2. The Kier molecular flexibility index (Phi) is 6.98. The number of carbonyl (C=O) groups excluding carboxylic acids is 2. The number of carbonyl (C=O) groups is 2. The number of hydrogen-bond donors (Lipinski definition) is 2. The van der Waals surface area contributed by atoms with E-state index in [1.165, 1.54) is 12.1 Å². The van der Waals surface area contributed by atoms with Gasteiger partial charge >= 0.3 is 0 Å². The summed E-state index contributed by atoms with van der Waals surface area (Å²) in [5.41, 5.74) is 9.74. The van der Waals surface area contributed by atoms with E-state index in [9.17, 15) is 14.0 Å². The number of primary amides is 1. The van der Waals surface area contributed by atoms with Gasteiger partial charge in [0.2, 0.25) is 0 Å². The topological polar surface area (TPSA) is 85.3 Å². The van der Waals surface area contributed by atoms with Gasteiger partial charge in [0.25, 0.3) is 11.8 Å². The van der Waals surface area contributed by atoms with Gasteiger partial charge in [0.15, 0.2) is 0 Å². The van der Waals surface area contributed by atoms with Gasteiger partial charge in [0, 0.05) is 22.4 Å². The molecule has 5 rings (SSSR count). The Hall–Kier alpha value is -4.42. The molecule has 0 atom stereocenters. The minimum Gasteiger partial charge on any atom is -0.460 e. The van der Waals surface area contributed by atoms with Crippen molar-refractivity contribution in [1.82, 2.24) is 5.32 Å². The lowest BCUT2D eigenvalue weighted by Crippen LogP contribution is -2.40. The molecule has 196 valence electrons. The molecule has 0 aliphatic rings. The Morgan fingerprint density at radius 3 is 2.31 bits per heavy atom. The highest BCUT2D eigenvalue weighted by Gasteiger charge is 2.24. The zero-order valence-corrected chi connectivity index (χ0v) is 22.2. The van der Waals surface area contributed by atoms with Gasteiger partial charge in [0.05, 0.1) is 11.1 Å². The zero-order chi connectivity index (χ0) is 27.7. The minimum atomic E-state index is -0.620. The van der Waals surface area contributed by atoms with Gasteiger partial charge in [-0.05, 0) is 84.6 Å². The minimum absolute atomic E-state index is 0.222. The highest BCUT2D eigenvalue weighted by atomic mass is 35.5. The monoisotopic (exact) mass is 540 g/mol. The molecule has 2 amide bonds. The Morgan fingerprint density at radius 2 is 1.62 bits per heavy atom. The van der Waals surface area contributed by atoms with E-state index in [-0.39, 0.29) is 17.3 Å². The Balaban J connectivity index is 1.45. The van der Waals surface area contributed by atoms with Crippen molar-refractivity contribution >= 4 is 34.4 Å². The first kappa shape index (κ1) is 26.2. The standard InChI is InChI=1S/C32H26ClFN2O3/c1-32(2,23-9-11-24(33)12-10-23)36-31(38)22-5-3-4-20(17-22)21-8-15-27-26(18-21)29(30(35)37)28(39-27)16-19-6-13-25(34)14-7-19/h3-15,17-18H,16H2,1-2H3,(H2,35,37)(H,36,38). The van der Waals surface area contributed by atoms with Crippen LogP contribution in [0.4, 0.5) is 4.39 Å². The molecule has 1 aromatic heterocycles. The van der Waals surface area contributed by atoms with Crippen molar-refractivity contribution in [2.45, 2.75) is 25.8 Å². The second-order valence-corrected chi connectivity index (χ2v) is 10.4. The third-order valence-corrected chi connectivity index (χ3v) is 6.99. The second-order valence-electron chi connectivity index (χ2n) is 9.95. The summed E-state index contributed by atoms with van der Waals surface area (Å²) in [4.78, 5) is 25.6. The molecule has 4 aromatic carbocycles. The molecule has 0 unspecified atom stereocenters. The van der Waals surface area contributed by atoms with Crippen molar-refractivity contribution in [3.05, 3.63) is 130 Å². The van der Waals surface area contributed by atoms with Crippen molar-refractivity contribution in [2.75, 3.05) is 0 Å². The van der Waals surface area contributed by atoms with Crippen molar-refractivity contribution in [3.8, 4) is 11.1 Å². The Bertz CT molecular complexity index is 1690. The van der Waals surface area contributed by atoms with Crippen LogP contribution in [0.2, 0.25) is 5.02 Å². The van der Waals surface area contributed by atoms with Crippen LogP contribution in [-0.2, 0) is 12.0 Å². The fourth-order valence-electron chi connectivity index (χ4n) is 4.64. The maximum Gasteiger partial charge on any atom is 0.252 e. The smallest absolute Gasteiger partial charge is 0.252 e. The summed E-state index contributed by atoms with van der Waals surface area (Å²) in [6.07, 6.45) is 0.293. The van der Waals surface area contributed by atoms with E-state index in [0.717, 1.165) is 22.3 Å². The van der Waals surface area contributed by atoms with Crippen molar-refractivity contribution in [2.24, 2.45) is 5.73 Å². The van der Waals surface area contributed by atoms with Crippen LogP contribution in [-0.4, -0.2) is 11.8 Å². The Labute approximate surface area is 230 Å². The molecular weight excluding hydrogens is 515 g/mol. The Morgan fingerprint density at radius 1 is 0.923 bits per heavy atom. The first-order valence-corrected chi connectivity index (χ1v) is 12.8. The van der Waals surface area contributed by atoms with Crippen LogP contribution in [0, 0.1) is 5.82 Å². The quantitative estimate of drug-likeness (QED) is 0.228. The van der Waals surface area contributed by atoms with Gasteiger partial charge in [-0.1, -0.05) is 54.1 Å². The fourth-order valence-corrected chi connectivity index (χ4v) is 4.77. The molecule has 0 saturated heterocycles. The van der Waals surface area contributed by atoms with E-state index < -0.39 is 11.4 Å². The van der Waals surface area contributed by atoms with E-state index in [2.05, 4.69) is 5.32 Å². The van der Waals surface area contributed by atoms with Crippen molar-refractivity contribution in [1.29, 1.82) is 0 Å². The van der Waals surface area contributed by atoms with Gasteiger partial charge in [-0.3, -0.25) is 9.59 Å². The lowest BCUT2D eigenvalue weighted by atomic mass is 9.93. The molecule has 0 spiro atoms. The molecule has 1 heterocycles. The summed E-state index contributed by atoms with van der Waals surface area (Å²) in [6.45, 7) is 3.86. The van der Waals surface area contributed by atoms with Gasteiger partial charge in [0.1, 0.15) is 17.2 Å². The molecular formula is C32H26ClFN2O3. The number of furan rings is 1. The van der Waals surface area contributed by atoms with E-state index in [1.807, 2.05) is 50.2 Å². The van der Waals surface area contributed by atoms with E-state index in [0.29, 0.717) is 33.7 Å². The van der Waals surface area contributed by atoms with Crippen LogP contribution in [0.3, 0.4) is 0 Å². The van der Waals surface area contributed by atoms with Crippen LogP contribution in [0.25, 0.3) is 22.1 Å². The average molecular weight is 541 g/mol. The number of fused-ring (bicyclic) bond motifs is 1. The molecule has 7 heteroatoms. The third-order valence-electron chi connectivity index (χ3n) is 6.74. The summed E-state index contributed by atoms with van der Waals surface area (Å²) in [5, 5.41) is 4.30. The number of halogens is 2. The molecule has 0 fully saturated rings. The number of benzene rings is 4. The fraction of sp³-hybridized carbons (Fsp3) is 0.125. The van der Waals surface area contributed by atoms with E-state index in [4.69, 9.17) is 21.8 Å². The SMILES string of the molecule is CC(C)(NC(=O)c1cccc(-c2ccc3oc(Cc4ccc(F)cc4)c(C(N)=O)c3c2)c1)c1ccc(Cl)cc1. The molecule has 39 heavy (non-hydrogen) atoms. The van der Waals surface area contributed by atoms with Crippen LogP contribution in [0.5, 0.6) is 0 Å². The molecule has 0 aliphatic heterocycles. The summed E-state index contributed by atoms with van der Waals surface area (Å²) >= 11 is 6.01. The largest absolute Gasteiger partial charge is 0.460 e. The normalized spacial score (nSPS) is 11.5. The number of nitrogens with one attached hydrogen (secondary N) is 1. The maximum atomic E-state index is 13.3. The molecule has 0 radical (unpaired) electrons. The highest BCUT2D eigenvalue weighted by molar-refractivity contribution is 6.30. The number of hydrogen-bond acceptors (Lipinski definition) is 3. The second kappa shape index (κ2) is 10.4. The molecule has 0 aliphatic carbocycles. The molecule has 5 nitrogen and oxygen atoms in total. The summed E-state index contributed by atoms with van der Waals surface area (Å²) in [6, 6.07) is 26.1. The lowest BCUT2D eigenvalue weighted by molar-refractivity contribution is 0.0911. The van der Waals surface area contributed by atoms with Crippen LogP contribution in [0.15, 0.2) is 95.4 Å². The summed E-state index contributed by atoms with van der Waals surface area (Å²) < 4.78 is 19.3. The highest BCUT2D eigenvalue weighted by Crippen LogP contribution is 2.32. The van der Waals surface area contributed by atoms with Gasteiger partial charge < -0.3 is 15.5 Å². The van der Waals surface area contributed by atoms with Crippen molar-refractivity contribution < 1.29 is 18.4 Å². The first-order chi connectivity index (χ1) is 18.6. The van der Waals surface area contributed by atoms with Gasteiger partial charge in [-0.2, -0.15) is 0 Å².